The zero-order valence-corrected chi connectivity index (χ0v) is 50.0. The van der Waals surface area contributed by atoms with E-state index in [0.717, 1.165) is 100 Å². The van der Waals surface area contributed by atoms with Crippen LogP contribution in [0.5, 0.6) is 0 Å². The third-order valence-corrected chi connectivity index (χ3v) is 17.7. The van der Waals surface area contributed by atoms with Gasteiger partial charge in [-0.3, -0.25) is 0 Å². The van der Waals surface area contributed by atoms with E-state index in [2.05, 4.69) is 337 Å². The largest absolute Gasteiger partial charge is 0.309 e. The van der Waals surface area contributed by atoms with Crippen molar-refractivity contribution in [1.29, 1.82) is 0 Å². The molecule has 0 saturated carbocycles. The first-order valence-corrected chi connectivity index (χ1v) is 31.1. The standard InChI is InChI=1S/C84H54N4.C2H6/c1-7-21-55(22-8-1)61-37-43-79-73(49-61)74-50-62(56-23-9-2-10-24-56)38-44-80(74)87(79)67-35-19-33-65(47-67)77-53-71(59-29-15-5-16-30-59)69-41-42-70-72(60-31-17-6-18-32-60)54-78(86-84(70)83(69)85-77)66-34-20-36-68(48-66)88-81-45-39-63(57-25-11-3-12-26-57)51-75(81)76-52-64(40-46-82(76)88)58-27-13-4-14-28-58;1-2/h1-54H;1-2H3. The zero-order valence-electron chi connectivity index (χ0n) is 50.0. The fourth-order valence-corrected chi connectivity index (χ4v) is 13.4. The fourth-order valence-electron chi connectivity index (χ4n) is 13.4. The Balaban J connectivity index is 0.00000321. The minimum Gasteiger partial charge on any atom is -0.309 e. The molecule has 0 atom stereocenters. The summed E-state index contributed by atoms with van der Waals surface area (Å²) in [4.78, 5) is 11.6. The summed E-state index contributed by atoms with van der Waals surface area (Å²) in [5, 5.41) is 6.88. The maximum Gasteiger partial charge on any atom is 0.0978 e. The molecule has 0 aliphatic carbocycles. The molecule has 0 aliphatic rings. The van der Waals surface area contributed by atoms with Gasteiger partial charge in [0.2, 0.25) is 0 Å². The third kappa shape index (κ3) is 9.50. The number of pyridine rings is 2. The summed E-state index contributed by atoms with van der Waals surface area (Å²) in [5.74, 6) is 0. The third-order valence-electron chi connectivity index (χ3n) is 17.7. The second kappa shape index (κ2) is 22.9. The van der Waals surface area contributed by atoms with Gasteiger partial charge in [-0.2, -0.15) is 0 Å². The number of hydrogen-bond acceptors (Lipinski definition) is 2. The normalized spacial score (nSPS) is 11.4. The Morgan fingerprint density at radius 2 is 0.467 bits per heavy atom. The van der Waals surface area contributed by atoms with Crippen molar-refractivity contribution in [1.82, 2.24) is 19.1 Å². The predicted molar refractivity (Wildman–Crippen MR) is 381 cm³/mol. The Kier molecular flexibility index (Phi) is 13.6. The molecule has 0 unspecified atom stereocenters. The summed E-state index contributed by atoms with van der Waals surface area (Å²) in [5.41, 5.74) is 26.1. The highest BCUT2D eigenvalue weighted by Crippen LogP contribution is 2.44. The number of hydrogen-bond donors (Lipinski definition) is 0. The van der Waals surface area contributed by atoms with Crippen molar-refractivity contribution in [2.45, 2.75) is 13.8 Å². The maximum absolute atomic E-state index is 5.78. The minimum absolute atomic E-state index is 0.846. The molecule has 4 heterocycles. The van der Waals surface area contributed by atoms with E-state index in [1.807, 2.05) is 13.8 Å². The van der Waals surface area contributed by atoms with Crippen molar-refractivity contribution in [3.63, 3.8) is 0 Å². The van der Waals surface area contributed by atoms with E-state index in [-0.39, 0.29) is 0 Å². The molecule has 0 saturated heterocycles. The average molecular weight is 1150 g/mol. The van der Waals surface area contributed by atoms with E-state index in [4.69, 9.17) is 9.97 Å². The van der Waals surface area contributed by atoms with Crippen LogP contribution in [0.4, 0.5) is 0 Å². The molecule has 17 aromatic rings. The van der Waals surface area contributed by atoms with Crippen LogP contribution in [0.25, 0.3) is 166 Å². The van der Waals surface area contributed by atoms with Crippen molar-refractivity contribution >= 4 is 65.4 Å². The van der Waals surface area contributed by atoms with Crippen LogP contribution in [-0.2, 0) is 0 Å². The van der Waals surface area contributed by atoms with Gasteiger partial charge >= 0.3 is 0 Å². The molecule has 0 fully saturated rings. The van der Waals surface area contributed by atoms with Gasteiger partial charge in [-0.15, -0.1) is 0 Å². The van der Waals surface area contributed by atoms with Crippen LogP contribution in [-0.4, -0.2) is 19.1 Å². The van der Waals surface area contributed by atoms with Gasteiger partial charge in [-0.25, -0.2) is 9.97 Å². The minimum atomic E-state index is 0.846. The van der Waals surface area contributed by atoms with E-state index in [9.17, 15) is 0 Å². The molecule has 0 N–H and O–H groups in total. The van der Waals surface area contributed by atoms with Crippen molar-refractivity contribution < 1.29 is 0 Å². The smallest absolute Gasteiger partial charge is 0.0978 e. The molecule has 0 bridgehead atoms. The van der Waals surface area contributed by atoms with E-state index >= 15 is 0 Å². The Hall–Kier alpha value is -11.7. The van der Waals surface area contributed by atoms with Gasteiger partial charge in [0.1, 0.15) is 0 Å². The van der Waals surface area contributed by atoms with Gasteiger partial charge < -0.3 is 9.13 Å². The monoisotopic (exact) mass is 1150 g/mol. The highest BCUT2D eigenvalue weighted by Gasteiger charge is 2.21. The van der Waals surface area contributed by atoms with Crippen molar-refractivity contribution in [3.05, 3.63) is 328 Å². The van der Waals surface area contributed by atoms with Crippen LogP contribution in [0.15, 0.2) is 328 Å². The first-order chi connectivity index (χ1) is 44.6. The highest BCUT2D eigenvalue weighted by atomic mass is 15.0. The van der Waals surface area contributed by atoms with Gasteiger partial charge in [0.15, 0.2) is 0 Å². The molecule has 424 valence electrons. The summed E-state index contributed by atoms with van der Waals surface area (Å²) < 4.78 is 4.84. The fraction of sp³-hybridized carbons (Fsp3) is 0.0233. The maximum atomic E-state index is 5.78. The van der Waals surface area contributed by atoms with Gasteiger partial charge in [-0.1, -0.05) is 257 Å². The zero-order chi connectivity index (χ0) is 60.1. The van der Waals surface area contributed by atoms with Crippen molar-refractivity contribution in [2.24, 2.45) is 0 Å². The Bertz CT molecular complexity index is 4980. The van der Waals surface area contributed by atoms with Crippen LogP contribution in [0.1, 0.15) is 13.8 Å². The van der Waals surface area contributed by atoms with Gasteiger partial charge in [0, 0.05) is 54.8 Å². The molecule has 90 heavy (non-hydrogen) atoms. The van der Waals surface area contributed by atoms with Crippen LogP contribution in [0.3, 0.4) is 0 Å². The summed E-state index contributed by atoms with van der Waals surface area (Å²) in [6.07, 6.45) is 0. The SMILES string of the molecule is CC.c1ccc(-c2ccc3c(c2)c2cc(-c4ccccc4)ccc2n3-c2cccc(-c3cc(-c4ccccc4)c4ccc5c(-c6ccccc6)cc(-c6cccc(-n7c8ccc(-c9ccccc9)cc8c8cc(-c9ccccc9)ccc87)c6)nc5c4n3)c2)cc1. The molecule has 0 amide bonds. The Morgan fingerprint density at radius 3 is 0.756 bits per heavy atom. The summed E-state index contributed by atoms with van der Waals surface area (Å²) >= 11 is 0. The molecule has 0 radical (unpaired) electrons. The molecule has 0 spiro atoms. The van der Waals surface area contributed by atoms with E-state index in [0.29, 0.717) is 0 Å². The molecule has 0 aliphatic heterocycles. The summed E-state index contributed by atoms with van der Waals surface area (Å²) in [6, 6.07) is 119. The predicted octanol–water partition coefficient (Wildman–Crippen LogP) is 23.3. The number of benzene rings is 13. The van der Waals surface area contributed by atoms with Crippen LogP contribution in [0.2, 0.25) is 0 Å². The van der Waals surface area contributed by atoms with Crippen molar-refractivity contribution in [2.75, 3.05) is 0 Å². The van der Waals surface area contributed by atoms with Crippen LogP contribution in [0, 0.1) is 0 Å². The van der Waals surface area contributed by atoms with Gasteiger partial charge in [-0.05, 0) is 152 Å². The highest BCUT2D eigenvalue weighted by molar-refractivity contribution is 6.15. The number of aromatic nitrogens is 4. The van der Waals surface area contributed by atoms with E-state index < -0.39 is 0 Å². The van der Waals surface area contributed by atoms with Gasteiger partial charge in [0.05, 0.1) is 44.5 Å². The lowest BCUT2D eigenvalue weighted by atomic mass is 9.93. The first kappa shape index (κ1) is 53.7. The topological polar surface area (TPSA) is 35.6 Å². The molecule has 4 heteroatoms. The summed E-state index contributed by atoms with van der Waals surface area (Å²) in [7, 11) is 0. The quantitative estimate of drug-likeness (QED) is 0.128. The van der Waals surface area contributed by atoms with E-state index in [1.54, 1.807) is 0 Å². The van der Waals surface area contributed by atoms with Crippen LogP contribution >= 0.6 is 0 Å². The lowest BCUT2D eigenvalue weighted by molar-refractivity contribution is 1.18. The molecular weight excluding hydrogens is 1090 g/mol. The van der Waals surface area contributed by atoms with Crippen molar-refractivity contribution in [3.8, 4) is 101 Å². The number of rotatable bonds is 10. The summed E-state index contributed by atoms with van der Waals surface area (Å²) in [6.45, 7) is 4.00. The number of nitrogens with zero attached hydrogens (tertiary/aromatic N) is 4. The second-order valence-corrected chi connectivity index (χ2v) is 22.9. The first-order valence-electron chi connectivity index (χ1n) is 31.1. The number of fused-ring (bicyclic) bond motifs is 9. The average Bonchev–Trinajstić information content (AvgIpc) is 1.42. The molecule has 4 aromatic heterocycles. The van der Waals surface area contributed by atoms with Crippen LogP contribution < -0.4 is 0 Å². The van der Waals surface area contributed by atoms with Gasteiger partial charge in [0.25, 0.3) is 0 Å². The Labute approximate surface area is 523 Å². The molecule has 17 rings (SSSR count). The second-order valence-electron chi connectivity index (χ2n) is 22.9. The Morgan fingerprint density at radius 1 is 0.200 bits per heavy atom. The van der Waals surface area contributed by atoms with E-state index in [1.165, 1.54) is 66.1 Å². The lowest BCUT2D eigenvalue weighted by Gasteiger charge is -2.16. The molecule has 4 nitrogen and oxygen atoms in total. The molecule has 13 aromatic carbocycles. The lowest BCUT2D eigenvalue weighted by Crippen LogP contribution is -1.98. The molecular formula is C86H60N4.